The van der Waals surface area contributed by atoms with Crippen LogP contribution in [0.15, 0.2) is 42.0 Å². The molecule has 0 bridgehead atoms. The molecule has 108 valence electrons. The van der Waals surface area contributed by atoms with Crippen molar-refractivity contribution in [1.82, 2.24) is 14.3 Å². The van der Waals surface area contributed by atoms with Crippen molar-refractivity contribution in [2.75, 3.05) is 7.05 Å². The number of hydrogen-bond donors (Lipinski definition) is 0. The minimum atomic E-state index is 0.0423. The maximum Gasteiger partial charge on any atom is 0.228 e. The average Bonchev–Trinajstić information content (AvgIpc) is 2.99. The second-order valence-corrected chi connectivity index (χ2v) is 6.19. The van der Waals surface area contributed by atoms with Crippen molar-refractivity contribution in [2.45, 2.75) is 13.0 Å². The van der Waals surface area contributed by atoms with E-state index in [4.69, 9.17) is 11.6 Å². The molecule has 3 aromatic rings. The van der Waals surface area contributed by atoms with Crippen molar-refractivity contribution in [2.24, 2.45) is 0 Å². The highest BCUT2D eigenvalue weighted by molar-refractivity contribution is 7.15. The Morgan fingerprint density at radius 3 is 3.10 bits per heavy atom. The highest BCUT2D eigenvalue weighted by Gasteiger charge is 2.13. The number of thiazole rings is 1. The summed E-state index contributed by atoms with van der Waals surface area (Å²) in [6, 6.07) is 7.55. The molecule has 0 N–H and O–H groups in total. The molecule has 4 nitrogen and oxygen atoms in total. The van der Waals surface area contributed by atoms with E-state index in [9.17, 15) is 4.79 Å². The monoisotopic (exact) mass is 319 g/mol. The first-order valence-electron chi connectivity index (χ1n) is 6.51. The largest absolute Gasteiger partial charge is 0.341 e. The summed E-state index contributed by atoms with van der Waals surface area (Å²) in [4.78, 5) is 19.3. The van der Waals surface area contributed by atoms with Gasteiger partial charge in [0, 0.05) is 36.4 Å². The molecule has 0 atom stereocenters. The number of likely N-dealkylation sites (N-methyl/N-ethyl adjacent to an activating group) is 1. The number of imidazole rings is 1. The minimum Gasteiger partial charge on any atom is -0.341 e. The van der Waals surface area contributed by atoms with Crippen LogP contribution in [0, 0.1) is 0 Å². The van der Waals surface area contributed by atoms with Crippen LogP contribution in [0.1, 0.15) is 11.3 Å². The van der Waals surface area contributed by atoms with Gasteiger partial charge in [-0.1, -0.05) is 23.7 Å². The van der Waals surface area contributed by atoms with E-state index in [-0.39, 0.29) is 5.91 Å². The maximum atomic E-state index is 12.2. The summed E-state index contributed by atoms with van der Waals surface area (Å²) in [7, 11) is 1.79. The van der Waals surface area contributed by atoms with E-state index in [2.05, 4.69) is 4.98 Å². The Morgan fingerprint density at radius 1 is 1.48 bits per heavy atom. The molecular formula is C15H14ClN3OS. The van der Waals surface area contributed by atoms with E-state index < -0.39 is 0 Å². The smallest absolute Gasteiger partial charge is 0.228 e. The Balaban J connectivity index is 1.65. The molecule has 0 unspecified atom stereocenters. The standard InChI is InChI=1S/C15H14ClN3OS/c1-18(9-11-3-2-4-12(16)7-11)14(20)8-13-10-19-5-6-21-15(19)17-13/h2-7,10H,8-9H2,1H3. The van der Waals surface area contributed by atoms with Crippen LogP contribution < -0.4 is 0 Å². The molecule has 2 aromatic heterocycles. The highest BCUT2D eigenvalue weighted by Crippen LogP contribution is 2.14. The van der Waals surface area contributed by atoms with Crippen LogP contribution in [0.3, 0.4) is 0 Å². The Labute approximate surface area is 131 Å². The summed E-state index contributed by atoms with van der Waals surface area (Å²) in [5.74, 6) is 0.0423. The van der Waals surface area contributed by atoms with E-state index in [1.54, 1.807) is 23.3 Å². The van der Waals surface area contributed by atoms with Crippen LogP contribution in [0.4, 0.5) is 0 Å². The maximum absolute atomic E-state index is 12.2. The van der Waals surface area contributed by atoms with Gasteiger partial charge in [-0.15, -0.1) is 11.3 Å². The Hall–Kier alpha value is -1.85. The third-order valence-corrected chi connectivity index (χ3v) is 4.22. The summed E-state index contributed by atoms with van der Waals surface area (Å²) >= 11 is 7.52. The number of rotatable bonds is 4. The van der Waals surface area contributed by atoms with Gasteiger partial charge < -0.3 is 4.90 Å². The van der Waals surface area contributed by atoms with Gasteiger partial charge in [0.1, 0.15) is 0 Å². The third kappa shape index (κ3) is 3.25. The van der Waals surface area contributed by atoms with Crippen molar-refractivity contribution in [3.8, 4) is 0 Å². The van der Waals surface area contributed by atoms with Gasteiger partial charge in [0.2, 0.25) is 5.91 Å². The van der Waals surface area contributed by atoms with Crippen LogP contribution in [0.25, 0.3) is 4.96 Å². The molecule has 0 fully saturated rings. The minimum absolute atomic E-state index is 0.0423. The van der Waals surface area contributed by atoms with Crippen molar-refractivity contribution in [1.29, 1.82) is 0 Å². The van der Waals surface area contributed by atoms with Gasteiger partial charge >= 0.3 is 0 Å². The Bertz CT molecular complexity index is 751. The third-order valence-electron chi connectivity index (χ3n) is 3.21. The zero-order chi connectivity index (χ0) is 14.8. The number of halogens is 1. The molecule has 0 saturated carbocycles. The first-order valence-corrected chi connectivity index (χ1v) is 7.77. The zero-order valence-electron chi connectivity index (χ0n) is 11.5. The molecule has 0 aliphatic rings. The van der Waals surface area contributed by atoms with Crippen molar-refractivity contribution in [3.05, 3.63) is 58.3 Å². The number of amides is 1. The molecule has 0 aliphatic carbocycles. The lowest BCUT2D eigenvalue weighted by Crippen LogP contribution is -2.27. The van der Waals surface area contributed by atoms with E-state index in [1.807, 2.05) is 46.4 Å². The van der Waals surface area contributed by atoms with E-state index in [0.29, 0.717) is 18.0 Å². The predicted molar refractivity (Wildman–Crippen MR) is 84.7 cm³/mol. The van der Waals surface area contributed by atoms with Crippen LogP contribution in [0.2, 0.25) is 5.02 Å². The van der Waals surface area contributed by atoms with E-state index in [1.165, 1.54) is 0 Å². The quantitative estimate of drug-likeness (QED) is 0.740. The molecule has 0 radical (unpaired) electrons. The molecule has 1 aromatic carbocycles. The zero-order valence-corrected chi connectivity index (χ0v) is 13.1. The van der Waals surface area contributed by atoms with Crippen molar-refractivity contribution >= 4 is 33.8 Å². The van der Waals surface area contributed by atoms with Crippen LogP contribution in [-0.4, -0.2) is 27.2 Å². The van der Waals surface area contributed by atoms with Crippen LogP contribution in [0.5, 0.6) is 0 Å². The first-order chi connectivity index (χ1) is 10.1. The number of nitrogens with zero attached hydrogens (tertiary/aromatic N) is 3. The summed E-state index contributed by atoms with van der Waals surface area (Å²) in [5.41, 5.74) is 1.81. The fourth-order valence-corrected chi connectivity index (χ4v) is 3.08. The van der Waals surface area contributed by atoms with Gasteiger partial charge in [-0.3, -0.25) is 9.20 Å². The number of aromatic nitrogens is 2. The molecule has 6 heteroatoms. The number of hydrogen-bond acceptors (Lipinski definition) is 3. The number of carbonyl (C=O) groups is 1. The van der Waals surface area contributed by atoms with Gasteiger partial charge in [-0.2, -0.15) is 0 Å². The summed E-state index contributed by atoms with van der Waals surface area (Å²) in [5, 5.41) is 2.65. The van der Waals surface area contributed by atoms with Gasteiger partial charge in [0.05, 0.1) is 12.1 Å². The van der Waals surface area contributed by atoms with Crippen molar-refractivity contribution in [3.63, 3.8) is 0 Å². The normalized spacial score (nSPS) is 11.0. The van der Waals surface area contributed by atoms with Gasteiger partial charge in [-0.25, -0.2) is 4.98 Å². The lowest BCUT2D eigenvalue weighted by atomic mass is 10.2. The summed E-state index contributed by atoms with van der Waals surface area (Å²) in [6.07, 6.45) is 4.15. The van der Waals surface area contributed by atoms with Crippen LogP contribution in [-0.2, 0) is 17.8 Å². The molecule has 3 rings (SSSR count). The molecule has 2 heterocycles. The Kier molecular flexibility index (Phi) is 3.94. The Morgan fingerprint density at radius 2 is 2.33 bits per heavy atom. The van der Waals surface area contributed by atoms with Gasteiger partial charge in [0.15, 0.2) is 4.96 Å². The van der Waals surface area contributed by atoms with E-state index in [0.717, 1.165) is 16.2 Å². The molecule has 21 heavy (non-hydrogen) atoms. The second kappa shape index (κ2) is 5.87. The number of benzene rings is 1. The van der Waals surface area contributed by atoms with Gasteiger partial charge in [-0.05, 0) is 17.7 Å². The van der Waals surface area contributed by atoms with Gasteiger partial charge in [0.25, 0.3) is 0 Å². The van der Waals surface area contributed by atoms with Crippen LogP contribution >= 0.6 is 22.9 Å². The second-order valence-electron chi connectivity index (χ2n) is 4.88. The average molecular weight is 320 g/mol. The number of fused-ring (bicyclic) bond motifs is 1. The lowest BCUT2D eigenvalue weighted by Gasteiger charge is -2.16. The number of carbonyl (C=O) groups excluding carboxylic acids is 1. The van der Waals surface area contributed by atoms with Crippen molar-refractivity contribution < 1.29 is 4.79 Å². The lowest BCUT2D eigenvalue weighted by molar-refractivity contribution is -0.129. The fraction of sp³-hybridized carbons (Fsp3) is 0.200. The molecule has 0 saturated heterocycles. The summed E-state index contributed by atoms with van der Waals surface area (Å²) < 4.78 is 1.93. The first kappa shape index (κ1) is 14.1. The topological polar surface area (TPSA) is 37.6 Å². The SMILES string of the molecule is CN(Cc1cccc(Cl)c1)C(=O)Cc1cn2ccsc2n1. The molecule has 0 aliphatic heterocycles. The molecule has 1 amide bonds. The predicted octanol–water partition coefficient (Wildman–Crippen LogP) is 3.25. The summed E-state index contributed by atoms with van der Waals surface area (Å²) in [6.45, 7) is 0.543. The van der Waals surface area contributed by atoms with E-state index >= 15 is 0 Å². The molecular weight excluding hydrogens is 306 g/mol. The fourth-order valence-electron chi connectivity index (χ4n) is 2.15. The molecule has 0 spiro atoms. The highest BCUT2D eigenvalue weighted by atomic mass is 35.5.